The predicted octanol–water partition coefficient (Wildman–Crippen LogP) is 16.5. The second-order valence-electron chi connectivity index (χ2n) is 15.4. The molecule has 4 nitrogen and oxygen atoms in total. The largest absolute Gasteiger partial charge is 0.456 e. The van der Waals surface area contributed by atoms with Crippen molar-refractivity contribution in [1.82, 2.24) is 15.0 Å². The lowest BCUT2D eigenvalue weighted by Crippen LogP contribution is -2.01. The van der Waals surface area contributed by atoms with Gasteiger partial charge in [0, 0.05) is 67.8 Å². The van der Waals surface area contributed by atoms with Crippen molar-refractivity contribution in [2.75, 3.05) is 0 Å². The molecule has 0 bridgehead atoms. The van der Waals surface area contributed by atoms with Crippen LogP contribution in [0.15, 0.2) is 204 Å². The molecule has 0 unspecified atom stereocenters. The zero-order chi connectivity index (χ0) is 46.7. The van der Waals surface area contributed by atoms with Crippen molar-refractivity contribution < 1.29 is 12.6 Å². The minimum Gasteiger partial charge on any atom is -0.456 e. The Kier molecular flexibility index (Phi) is 6.93. The van der Waals surface area contributed by atoms with Crippen molar-refractivity contribution in [3.63, 3.8) is 0 Å². The number of para-hydroxylation sites is 1. The van der Waals surface area contributed by atoms with Crippen LogP contribution < -0.4 is 0 Å². The number of hydrogen-bond acceptors (Lipinski definition) is 6. The fraction of sp³-hybridized carbons (Fsp3) is 0. The lowest BCUT2D eigenvalue weighted by molar-refractivity contribution is 0.669. The van der Waals surface area contributed by atoms with Gasteiger partial charge >= 0.3 is 0 Å². The number of furan rings is 1. The second-order valence-corrected chi connectivity index (χ2v) is 17.5. The minimum atomic E-state index is -0.285. The predicted molar refractivity (Wildman–Crippen MR) is 265 cm³/mol. The van der Waals surface area contributed by atoms with E-state index in [1.54, 1.807) is 11.3 Å². The average Bonchev–Trinajstić information content (AvgIpc) is 4.10. The minimum absolute atomic E-state index is 0.0128. The van der Waals surface area contributed by atoms with Crippen molar-refractivity contribution in [2.24, 2.45) is 0 Å². The third-order valence-electron chi connectivity index (χ3n) is 11.6. The molecule has 6 heteroatoms. The molecule has 63 heavy (non-hydrogen) atoms. The number of nitrogens with zero attached hydrogens (tertiary/aromatic N) is 3. The molecule has 0 saturated carbocycles. The Balaban J connectivity index is 1.02. The lowest BCUT2D eigenvalue weighted by Gasteiger charge is -2.12. The maximum absolute atomic E-state index is 9.84. The van der Waals surface area contributed by atoms with Gasteiger partial charge in [-0.05, 0) is 81.8 Å². The van der Waals surface area contributed by atoms with Crippen LogP contribution in [0.3, 0.4) is 0 Å². The molecule has 4 aromatic heterocycles. The van der Waals surface area contributed by atoms with Gasteiger partial charge in [0.2, 0.25) is 0 Å². The summed E-state index contributed by atoms with van der Waals surface area (Å²) in [5, 5.41) is 4.45. The van der Waals surface area contributed by atoms with Gasteiger partial charge in [0.05, 0.1) is 8.22 Å². The van der Waals surface area contributed by atoms with E-state index in [4.69, 9.17) is 19.4 Å². The molecule has 0 atom stereocenters. The van der Waals surface area contributed by atoms with E-state index in [1.165, 1.54) is 0 Å². The summed E-state index contributed by atoms with van der Waals surface area (Å²) >= 11 is 2.72. The van der Waals surface area contributed by atoms with E-state index in [9.17, 15) is 8.22 Å². The molecule has 0 aliphatic heterocycles. The molecule has 0 fully saturated rings. The van der Waals surface area contributed by atoms with E-state index in [1.807, 2.05) is 146 Å². The lowest BCUT2D eigenvalue weighted by atomic mass is 9.97. The van der Waals surface area contributed by atoms with Crippen LogP contribution in [-0.2, 0) is 0 Å². The van der Waals surface area contributed by atoms with Gasteiger partial charge in [0.1, 0.15) is 11.2 Å². The van der Waals surface area contributed by atoms with Gasteiger partial charge in [0.15, 0.2) is 17.5 Å². The van der Waals surface area contributed by atoms with Crippen LogP contribution >= 0.6 is 22.7 Å². The van der Waals surface area contributed by atoms with E-state index in [-0.39, 0.29) is 64.0 Å². The molecule has 13 rings (SSSR count). The van der Waals surface area contributed by atoms with Gasteiger partial charge in [0.25, 0.3) is 0 Å². The van der Waals surface area contributed by atoms with Crippen molar-refractivity contribution >= 4 is 85.0 Å². The fourth-order valence-corrected chi connectivity index (χ4v) is 10.7. The van der Waals surface area contributed by atoms with Crippen molar-refractivity contribution in [1.29, 1.82) is 0 Å². The van der Waals surface area contributed by atoms with Gasteiger partial charge in [-0.25, -0.2) is 15.0 Å². The molecule has 9 aromatic carbocycles. The van der Waals surface area contributed by atoms with Crippen molar-refractivity contribution in [3.8, 4) is 67.5 Å². The highest BCUT2D eigenvalue weighted by atomic mass is 32.1. The molecule has 0 saturated heterocycles. The van der Waals surface area contributed by atoms with Crippen molar-refractivity contribution in [3.05, 3.63) is 200 Å². The number of rotatable bonds is 6. The molecule has 13 aromatic rings. The summed E-state index contributed by atoms with van der Waals surface area (Å²) in [6, 6.07) is 52.9. The molecule has 4 heterocycles. The van der Waals surface area contributed by atoms with Crippen molar-refractivity contribution in [2.45, 2.75) is 0 Å². The Morgan fingerprint density at radius 2 is 0.984 bits per heavy atom. The van der Waals surface area contributed by atoms with Crippen LogP contribution in [0.2, 0.25) is 0 Å². The fourth-order valence-electron chi connectivity index (χ4n) is 8.62. The van der Waals surface area contributed by atoms with E-state index in [0.29, 0.717) is 37.7 Å². The van der Waals surface area contributed by atoms with E-state index < -0.39 is 0 Å². The second kappa shape index (κ2) is 14.4. The first-order valence-electron chi connectivity index (χ1n) is 23.5. The molecule has 0 spiro atoms. The Hall–Kier alpha value is -7.77. The molecule has 0 aliphatic carbocycles. The van der Waals surface area contributed by atoms with Crippen LogP contribution in [0.4, 0.5) is 0 Å². The molecule has 0 radical (unpaired) electrons. The summed E-state index contributed by atoms with van der Waals surface area (Å²) in [4.78, 5) is 15.1. The summed E-state index contributed by atoms with van der Waals surface area (Å²) in [6.45, 7) is 0. The Labute approximate surface area is 378 Å². The summed E-state index contributed by atoms with van der Waals surface area (Å²) in [6.07, 6.45) is 0. The monoisotopic (exact) mass is 845 g/mol. The molecule has 0 aliphatic rings. The summed E-state index contributed by atoms with van der Waals surface area (Å²) in [5.41, 5.74) is 7.68. The first-order chi connectivity index (χ1) is 33.7. The first-order valence-corrected chi connectivity index (χ1v) is 22.1. The smallest absolute Gasteiger partial charge is 0.164 e. The maximum Gasteiger partial charge on any atom is 0.164 e. The van der Waals surface area contributed by atoms with E-state index >= 15 is 0 Å². The average molecular weight is 846 g/mol. The summed E-state index contributed by atoms with van der Waals surface area (Å²) in [7, 11) is 0. The van der Waals surface area contributed by atoms with E-state index in [2.05, 4.69) is 18.2 Å². The SMILES string of the molecule is [2H]c1c(-c2cccc3sc4ccccc4c23)c([2H])c2c(sc3c([2H])c(-c4nc(-c5ccc(-c6ccccc6)cc5)nc(-c5ccccc5-c5ccc6c(c5)oc5ccccc56)n4)c([2H])c([2H])c32)c1[2H]. The summed E-state index contributed by atoms with van der Waals surface area (Å²) in [5.74, 6) is 0.673. The Bertz CT molecular complexity index is 4280. The molecule has 0 amide bonds. The highest BCUT2D eigenvalue weighted by Crippen LogP contribution is 2.43. The number of hydrogen-bond donors (Lipinski definition) is 0. The topological polar surface area (TPSA) is 51.8 Å². The molecule has 294 valence electrons. The van der Waals surface area contributed by atoms with Crippen LogP contribution in [0.5, 0.6) is 0 Å². The van der Waals surface area contributed by atoms with Gasteiger partial charge in [-0.3, -0.25) is 0 Å². The highest BCUT2D eigenvalue weighted by molar-refractivity contribution is 7.26. The molecule has 0 N–H and O–H groups in total. The van der Waals surface area contributed by atoms with Crippen LogP contribution in [0.25, 0.3) is 130 Å². The maximum atomic E-state index is 9.84. The zero-order valence-electron chi connectivity index (χ0n) is 39.2. The van der Waals surface area contributed by atoms with Gasteiger partial charge in [-0.2, -0.15) is 0 Å². The van der Waals surface area contributed by atoms with Crippen LogP contribution in [0, 0.1) is 0 Å². The normalized spacial score (nSPS) is 13.1. The number of thiophene rings is 2. The van der Waals surface area contributed by atoms with Crippen LogP contribution in [0.1, 0.15) is 8.22 Å². The standard InChI is InChI=1S/C57H33N3OS2/c1-2-11-34(12-3-1)35-21-23-36(24-22-35)55-58-56(60-57(59-55)45-15-5-4-13-40(45)38-25-28-43-42-14-6-8-18-48(42)61-49(43)32-38)39-26-29-44-47-31-37(27-30-51(47)63-53(44)33-39)41-17-10-20-52-54(41)46-16-7-9-19-50(46)62-52/h1-33H/i26D,27D,29D,30D,31D,33D. The Morgan fingerprint density at radius 3 is 1.87 bits per heavy atom. The number of aromatic nitrogens is 3. The van der Waals surface area contributed by atoms with Crippen LogP contribution in [-0.4, -0.2) is 15.0 Å². The molecular weight excluding hydrogens is 807 g/mol. The third kappa shape index (κ3) is 6.06. The van der Waals surface area contributed by atoms with Gasteiger partial charge in [-0.1, -0.05) is 152 Å². The van der Waals surface area contributed by atoms with Gasteiger partial charge < -0.3 is 4.42 Å². The highest BCUT2D eigenvalue weighted by Gasteiger charge is 2.19. The third-order valence-corrected chi connectivity index (χ3v) is 13.8. The number of fused-ring (bicyclic) bond motifs is 9. The summed E-state index contributed by atoms with van der Waals surface area (Å²) < 4.78 is 66.6. The van der Waals surface area contributed by atoms with Gasteiger partial charge in [-0.15, -0.1) is 22.7 Å². The first kappa shape index (κ1) is 30.3. The number of benzene rings is 9. The zero-order valence-corrected chi connectivity index (χ0v) is 34.8. The van der Waals surface area contributed by atoms with E-state index in [0.717, 1.165) is 75.7 Å². The Morgan fingerprint density at radius 1 is 0.349 bits per heavy atom. The molecular formula is C57H33N3OS2. The quantitative estimate of drug-likeness (QED) is 0.167.